The predicted molar refractivity (Wildman–Crippen MR) is 77.0 cm³/mol. The van der Waals surface area contributed by atoms with Crippen LogP contribution in [0.3, 0.4) is 0 Å². The molecule has 0 rings (SSSR count). The van der Waals surface area contributed by atoms with E-state index in [9.17, 15) is 4.79 Å². The lowest BCUT2D eigenvalue weighted by Gasteiger charge is -2.32. The zero-order chi connectivity index (χ0) is 14.6. The monoisotopic (exact) mass is 253 g/mol. The summed E-state index contributed by atoms with van der Waals surface area (Å²) in [6.45, 7) is 18.9. The van der Waals surface area contributed by atoms with Crippen LogP contribution in [0.4, 0.5) is 0 Å². The summed E-state index contributed by atoms with van der Waals surface area (Å²) in [6.07, 6.45) is 0. The highest BCUT2D eigenvalue weighted by Crippen LogP contribution is 2.29. The Hall–Kier alpha value is -1.12. The second kappa shape index (κ2) is 6.17. The Balaban J connectivity index is 4.54. The van der Waals surface area contributed by atoms with Crippen molar-refractivity contribution in [3.05, 3.63) is 12.2 Å². The zero-order valence-corrected chi connectivity index (χ0v) is 12.9. The third kappa shape index (κ3) is 5.99. The molecule has 0 saturated carbocycles. The lowest BCUT2D eigenvalue weighted by molar-refractivity contribution is -0.138. The van der Waals surface area contributed by atoms with Gasteiger partial charge in [0.05, 0.1) is 6.54 Å². The molecule has 0 bridgehead atoms. The number of nitrogens with zero attached hydrogens (tertiary/aromatic N) is 1. The van der Waals surface area contributed by atoms with Crippen LogP contribution in [0.25, 0.3) is 0 Å². The van der Waals surface area contributed by atoms with Crippen LogP contribution in [-0.2, 0) is 9.53 Å². The van der Waals surface area contributed by atoms with Gasteiger partial charge in [0.25, 0.3) is 0 Å². The Bertz CT molecular complexity index is 324. The molecule has 0 spiro atoms. The number of rotatable bonds is 4. The average molecular weight is 253 g/mol. The lowest BCUT2D eigenvalue weighted by Crippen LogP contribution is -2.33. The molecule has 0 aromatic rings. The highest BCUT2D eigenvalue weighted by molar-refractivity contribution is 5.93. The quantitative estimate of drug-likeness (QED) is 0.332. The third-order valence-corrected chi connectivity index (χ3v) is 2.36. The first-order valence-corrected chi connectivity index (χ1v) is 6.34. The second-order valence-corrected chi connectivity index (χ2v) is 6.65. The van der Waals surface area contributed by atoms with Crippen LogP contribution in [0.15, 0.2) is 17.1 Å². The molecule has 0 aliphatic carbocycles. The molecule has 0 saturated heterocycles. The van der Waals surface area contributed by atoms with Crippen LogP contribution in [0.2, 0.25) is 0 Å². The Morgan fingerprint density at radius 3 is 1.89 bits per heavy atom. The van der Waals surface area contributed by atoms with Crippen molar-refractivity contribution in [1.82, 2.24) is 0 Å². The minimum Gasteiger partial charge on any atom is -0.460 e. The first kappa shape index (κ1) is 16.9. The fourth-order valence-corrected chi connectivity index (χ4v) is 2.02. The predicted octanol–water partition coefficient (Wildman–Crippen LogP) is 3.64. The number of carbonyl (C=O) groups is 1. The molecular formula is C15H27NO2. The minimum atomic E-state index is -0.349. The molecule has 0 atom stereocenters. The third-order valence-electron chi connectivity index (χ3n) is 2.36. The van der Waals surface area contributed by atoms with Gasteiger partial charge < -0.3 is 4.74 Å². The number of esters is 1. The van der Waals surface area contributed by atoms with Crippen molar-refractivity contribution in [2.45, 2.75) is 48.5 Å². The van der Waals surface area contributed by atoms with Gasteiger partial charge in [0, 0.05) is 22.1 Å². The number of aliphatic imine (C=N–C) groups is 1. The highest BCUT2D eigenvalue weighted by Gasteiger charge is 2.29. The summed E-state index contributed by atoms with van der Waals surface area (Å²) in [5, 5.41) is 0. The van der Waals surface area contributed by atoms with E-state index < -0.39 is 0 Å². The van der Waals surface area contributed by atoms with Crippen molar-refractivity contribution in [2.24, 2.45) is 15.8 Å². The van der Waals surface area contributed by atoms with Gasteiger partial charge in [0.15, 0.2) is 0 Å². The van der Waals surface area contributed by atoms with E-state index in [4.69, 9.17) is 4.74 Å². The minimum absolute atomic E-state index is 0.0244. The number of hydrogen-bond acceptors (Lipinski definition) is 3. The van der Waals surface area contributed by atoms with Crippen LogP contribution in [0.1, 0.15) is 48.5 Å². The maximum atomic E-state index is 11.2. The Kier molecular flexibility index (Phi) is 5.78. The molecule has 0 unspecified atom stereocenters. The van der Waals surface area contributed by atoms with Crippen molar-refractivity contribution in [1.29, 1.82) is 0 Å². The first-order valence-electron chi connectivity index (χ1n) is 6.34. The van der Waals surface area contributed by atoms with Gasteiger partial charge in [-0.2, -0.15) is 0 Å². The molecule has 0 aromatic carbocycles. The summed E-state index contributed by atoms with van der Waals surface area (Å²) in [7, 11) is 0. The van der Waals surface area contributed by atoms with Gasteiger partial charge in [-0.05, 0) is 6.92 Å². The maximum Gasteiger partial charge on any atom is 0.333 e. The SMILES string of the molecule is C=C(C)C(=O)OCCN=C(C(C)(C)C)C(C)(C)C. The van der Waals surface area contributed by atoms with E-state index in [0.717, 1.165) is 5.71 Å². The topological polar surface area (TPSA) is 38.7 Å². The van der Waals surface area contributed by atoms with Crippen molar-refractivity contribution in [2.75, 3.05) is 13.2 Å². The van der Waals surface area contributed by atoms with Gasteiger partial charge in [-0.1, -0.05) is 48.1 Å². The van der Waals surface area contributed by atoms with Gasteiger partial charge in [0.1, 0.15) is 6.61 Å². The average Bonchev–Trinajstić information content (AvgIpc) is 2.12. The van der Waals surface area contributed by atoms with Crippen molar-refractivity contribution in [3.63, 3.8) is 0 Å². The summed E-state index contributed by atoms with van der Waals surface area (Å²) in [5.41, 5.74) is 1.61. The van der Waals surface area contributed by atoms with E-state index in [1.54, 1.807) is 6.92 Å². The van der Waals surface area contributed by atoms with Crippen molar-refractivity contribution < 1.29 is 9.53 Å². The fourth-order valence-electron chi connectivity index (χ4n) is 2.02. The van der Waals surface area contributed by atoms with Crippen LogP contribution >= 0.6 is 0 Å². The molecule has 18 heavy (non-hydrogen) atoms. The van der Waals surface area contributed by atoms with Gasteiger partial charge in [-0.25, -0.2) is 4.79 Å². The second-order valence-electron chi connectivity index (χ2n) is 6.65. The van der Waals surface area contributed by atoms with Crippen LogP contribution in [0.5, 0.6) is 0 Å². The molecule has 3 nitrogen and oxygen atoms in total. The Labute approximate surface area is 111 Å². The molecular weight excluding hydrogens is 226 g/mol. The van der Waals surface area contributed by atoms with E-state index in [0.29, 0.717) is 18.7 Å². The number of carbonyl (C=O) groups excluding carboxylic acids is 1. The van der Waals surface area contributed by atoms with E-state index in [1.807, 2.05) is 0 Å². The smallest absolute Gasteiger partial charge is 0.333 e. The van der Waals surface area contributed by atoms with Crippen LogP contribution in [0, 0.1) is 10.8 Å². The number of hydrogen-bond donors (Lipinski definition) is 0. The van der Waals surface area contributed by atoms with E-state index in [1.165, 1.54) is 0 Å². The largest absolute Gasteiger partial charge is 0.460 e. The Morgan fingerprint density at radius 2 is 1.56 bits per heavy atom. The highest BCUT2D eigenvalue weighted by atomic mass is 16.5. The van der Waals surface area contributed by atoms with E-state index in [2.05, 4.69) is 53.1 Å². The van der Waals surface area contributed by atoms with Gasteiger partial charge in [0.2, 0.25) is 0 Å². The lowest BCUT2D eigenvalue weighted by atomic mass is 9.75. The fraction of sp³-hybridized carbons (Fsp3) is 0.733. The summed E-state index contributed by atoms with van der Waals surface area (Å²) in [5.74, 6) is -0.349. The molecule has 0 amide bonds. The molecule has 0 radical (unpaired) electrons. The molecule has 104 valence electrons. The summed E-state index contributed by atoms with van der Waals surface area (Å²) < 4.78 is 5.03. The summed E-state index contributed by atoms with van der Waals surface area (Å²) in [4.78, 5) is 15.8. The molecule has 3 heteroatoms. The number of ether oxygens (including phenoxy) is 1. The zero-order valence-electron chi connectivity index (χ0n) is 12.9. The molecule has 0 fully saturated rings. The summed E-state index contributed by atoms with van der Waals surface area (Å²) >= 11 is 0. The van der Waals surface area contributed by atoms with Crippen LogP contribution < -0.4 is 0 Å². The van der Waals surface area contributed by atoms with Crippen LogP contribution in [-0.4, -0.2) is 24.8 Å². The molecule has 0 aromatic heterocycles. The molecule has 0 heterocycles. The van der Waals surface area contributed by atoms with Gasteiger partial charge >= 0.3 is 5.97 Å². The van der Waals surface area contributed by atoms with E-state index in [-0.39, 0.29) is 16.8 Å². The Morgan fingerprint density at radius 1 is 1.11 bits per heavy atom. The van der Waals surface area contributed by atoms with Gasteiger partial charge in [-0.15, -0.1) is 0 Å². The molecule has 0 N–H and O–H groups in total. The normalized spacial score (nSPS) is 11.9. The molecule has 0 aliphatic rings. The first-order chi connectivity index (χ1) is 7.96. The van der Waals surface area contributed by atoms with Gasteiger partial charge in [-0.3, -0.25) is 4.99 Å². The maximum absolute atomic E-state index is 11.2. The summed E-state index contributed by atoms with van der Waals surface area (Å²) in [6, 6.07) is 0. The standard InChI is InChI=1S/C15H27NO2/c1-11(2)12(17)18-10-9-16-13(14(3,4)5)15(6,7)8/h1,9-10H2,2-8H3. The van der Waals surface area contributed by atoms with E-state index >= 15 is 0 Å². The van der Waals surface area contributed by atoms with Crippen molar-refractivity contribution in [3.8, 4) is 0 Å². The van der Waals surface area contributed by atoms with Crippen molar-refractivity contribution >= 4 is 11.7 Å². The molecule has 0 aliphatic heterocycles.